The maximum Gasteiger partial charge on any atom is 0.119 e. The Balaban J connectivity index is 0.000000686. The third kappa shape index (κ3) is 3.90. The van der Waals surface area contributed by atoms with Gasteiger partial charge in [0.2, 0.25) is 0 Å². The molecule has 0 bridgehead atoms. The van der Waals surface area contributed by atoms with Crippen LogP contribution in [-0.2, 0) is 0 Å². The average Bonchev–Trinajstić information content (AvgIpc) is 2.42. The molecule has 1 heterocycles. The van der Waals surface area contributed by atoms with Crippen LogP contribution in [0.15, 0.2) is 30.3 Å². The maximum atomic E-state index is 5.23. The smallest absolute Gasteiger partial charge is 0.119 e. The summed E-state index contributed by atoms with van der Waals surface area (Å²) in [6.45, 7) is 6.19. The molecular weight excluding hydrogens is 210 g/mol. The molecule has 17 heavy (non-hydrogen) atoms. The largest absolute Gasteiger partial charge is 0.497 e. The van der Waals surface area contributed by atoms with E-state index in [1.165, 1.54) is 11.1 Å². The zero-order chi connectivity index (χ0) is 12.7. The summed E-state index contributed by atoms with van der Waals surface area (Å²) in [6.07, 6.45) is 3.43. The highest BCUT2D eigenvalue weighted by Crippen LogP contribution is 2.24. The molecule has 0 aliphatic carbocycles. The second kappa shape index (κ2) is 7.13. The van der Waals surface area contributed by atoms with Gasteiger partial charge in [0.05, 0.1) is 7.11 Å². The molecule has 1 aromatic rings. The zero-order valence-corrected chi connectivity index (χ0v) is 11.4. The molecule has 1 aliphatic rings. The fourth-order valence-electron chi connectivity index (χ4n) is 1.86. The third-order valence-corrected chi connectivity index (χ3v) is 2.85. The molecule has 1 aliphatic heterocycles. The van der Waals surface area contributed by atoms with Gasteiger partial charge in [-0.1, -0.05) is 32.1 Å². The predicted octanol–water partition coefficient (Wildman–Crippen LogP) is 3.44. The molecule has 0 fully saturated rings. The van der Waals surface area contributed by atoms with Crippen LogP contribution >= 0.6 is 0 Å². The second-order valence-corrected chi connectivity index (χ2v) is 3.97. The highest BCUT2D eigenvalue weighted by atomic mass is 16.5. The van der Waals surface area contributed by atoms with Crippen molar-refractivity contribution >= 4 is 5.57 Å². The standard InChI is InChI=1S/C13H17NO.C2H6/c1-14-8-6-11(7-9-14)12-4-3-5-13(10-12)15-2;1-2/h3-6,10H,7-9H2,1-2H3;1-2H3. The summed E-state index contributed by atoms with van der Waals surface area (Å²) < 4.78 is 5.23. The molecule has 0 unspecified atom stereocenters. The van der Waals surface area contributed by atoms with Crippen molar-refractivity contribution in [1.82, 2.24) is 4.90 Å². The SMILES string of the molecule is CC.COc1cccc(C2=CCN(C)CC2)c1. The number of hydrogen-bond donors (Lipinski definition) is 0. The van der Waals surface area contributed by atoms with Gasteiger partial charge in [0.1, 0.15) is 5.75 Å². The lowest BCUT2D eigenvalue weighted by Gasteiger charge is -2.22. The van der Waals surface area contributed by atoms with E-state index in [9.17, 15) is 0 Å². The highest BCUT2D eigenvalue weighted by Gasteiger charge is 2.09. The van der Waals surface area contributed by atoms with E-state index in [0.717, 1.165) is 25.3 Å². The molecule has 2 rings (SSSR count). The molecule has 0 spiro atoms. The Kier molecular flexibility index (Phi) is 5.78. The van der Waals surface area contributed by atoms with Gasteiger partial charge in [-0.25, -0.2) is 0 Å². The minimum atomic E-state index is 0.937. The molecule has 2 nitrogen and oxygen atoms in total. The van der Waals surface area contributed by atoms with Gasteiger partial charge >= 0.3 is 0 Å². The van der Waals surface area contributed by atoms with Crippen LogP contribution in [0.2, 0.25) is 0 Å². The number of rotatable bonds is 2. The van der Waals surface area contributed by atoms with E-state index in [0.29, 0.717) is 0 Å². The van der Waals surface area contributed by atoms with Crippen molar-refractivity contribution in [2.45, 2.75) is 20.3 Å². The lowest BCUT2D eigenvalue weighted by molar-refractivity contribution is 0.370. The highest BCUT2D eigenvalue weighted by molar-refractivity contribution is 5.67. The van der Waals surface area contributed by atoms with E-state index in [2.05, 4.69) is 30.2 Å². The van der Waals surface area contributed by atoms with Gasteiger partial charge in [-0.3, -0.25) is 0 Å². The van der Waals surface area contributed by atoms with E-state index in [4.69, 9.17) is 4.74 Å². The fraction of sp³-hybridized carbons (Fsp3) is 0.467. The molecule has 0 aromatic heterocycles. The van der Waals surface area contributed by atoms with E-state index in [1.807, 2.05) is 26.0 Å². The van der Waals surface area contributed by atoms with Crippen LogP contribution in [0.1, 0.15) is 25.8 Å². The number of nitrogens with zero attached hydrogens (tertiary/aromatic N) is 1. The Bertz CT molecular complexity index is 371. The zero-order valence-electron chi connectivity index (χ0n) is 11.4. The molecule has 0 saturated carbocycles. The number of methoxy groups -OCH3 is 1. The first-order valence-corrected chi connectivity index (χ1v) is 6.31. The molecule has 0 N–H and O–H groups in total. The summed E-state index contributed by atoms with van der Waals surface area (Å²) >= 11 is 0. The Morgan fingerprint density at radius 1 is 1.24 bits per heavy atom. The van der Waals surface area contributed by atoms with Crippen molar-refractivity contribution in [2.75, 3.05) is 27.2 Å². The summed E-state index contributed by atoms with van der Waals surface area (Å²) in [5.74, 6) is 0.937. The van der Waals surface area contributed by atoms with E-state index in [1.54, 1.807) is 7.11 Å². The van der Waals surface area contributed by atoms with Crippen molar-refractivity contribution in [1.29, 1.82) is 0 Å². The van der Waals surface area contributed by atoms with Crippen LogP contribution in [0.3, 0.4) is 0 Å². The quantitative estimate of drug-likeness (QED) is 0.776. The van der Waals surface area contributed by atoms with Gasteiger partial charge < -0.3 is 9.64 Å². The molecule has 0 amide bonds. The lowest BCUT2D eigenvalue weighted by Crippen LogP contribution is -2.23. The Morgan fingerprint density at radius 3 is 2.59 bits per heavy atom. The third-order valence-electron chi connectivity index (χ3n) is 2.85. The number of hydrogen-bond acceptors (Lipinski definition) is 2. The van der Waals surface area contributed by atoms with Crippen LogP contribution in [0.4, 0.5) is 0 Å². The maximum absolute atomic E-state index is 5.23. The summed E-state index contributed by atoms with van der Waals surface area (Å²) in [5.41, 5.74) is 2.73. The Hall–Kier alpha value is -1.28. The summed E-state index contributed by atoms with van der Waals surface area (Å²) in [6, 6.07) is 8.29. The molecule has 94 valence electrons. The van der Waals surface area contributed by atoms with Gasteiger partial charge in [-0.15, -0.1) is 0 Å². The van der Waals surface area contributed by atoms with Crippen LogP contribution in [0.25, 0.3) is 5.57 Å². The summed E-state index contributed by atoms with van der Waals surface area (Å²) in [5, 5.41) is 0. The molecule has 0 atom stereocenters. The van der Waals surface area contributed by atoms with Crippen LogP contribution in [0.5, 0.6) is 5.75 Å². The fourth-order valence-corrected chi connectivity index (χ4v) is 1.86. The van der Waals surface area contributed by atoms with Gasteiger partial charge in [-0.2, -0.15) is 0 Å². The van der Waals surface area contributed by atoms with E-state index in [-0.39, 0.29) is 0 Å². The number of ether oxygens (including phenoxy) is 1. The van der Waals surface area contributed by atoms with Crippen molar-refractivity contribution in [3.8, 4) is 5.75 Å². The minimum absolute atomic E-state index is 0.937. The minimum Gasteiger partial charge on any atom is -0.497 e. The predicted molar refractivity (Wildman–Crippen MR) is 74.4 cm³/mol. The normalized spacial score (nSPS) is 15.6. The van der Waals surface area contributed by atoms with E-state index >= 15 is 0 Å². The van der Waals surface area contributed by atoms with Crippen molar-refractivity contribution in [3.05, 3.63) is 35.9 Å². The number of likely N-dealkylation sites (N-methyl/N-ethyl adjacent to an activating group) is 1. The first kappa shape index (κ1) is 13.8. The topological polar surface area (TPSA) is 12.5 Å². The summed E-state index contributed by atoms with van der Waals surface area (Å²) in [7, 11) is 3.86. The average molecular weight is 233 g/mol. The lowest BCUT2D eigenvalue weighted by atomic mass is 9.99. The Labute approximate surface area is 105 Å². The first-order valence-electron chi connectivity index (χ1n) is 6.31. The van der Waals surface area contributed by atoms with E-state index < -0.39 is 0 Å². The monoisotopic (exact) mass is 233 g/mol. The van der Waals surface area contributed by atoms with Crippen LogP contribution < -0.4 is 4.74 Å². The van der Waals surface area contributed by atoms with Gasteiger partial charge in [0.25, 0.3) is 0 Å². The van der Waals surface area contributed by atoms with Crippen molar-refractivity contribution < 1.29 is 4.74 Å². The van der Waals surface area contributed by atoms with Gasteiger partial charge in [0.15, 0.2) is 0 Å². The second-order valence-electron chi connectivity index (χ2n) is 3.97. The Morgan fingerprint density at radius 2 is 2.00 bits per heavy atom. The van der Waals surface area contributed by atoms with Gasteiger partial charge in [-0.05, 0) is 36.7 Å². The number of benzene rings is 1. The molecule has 2 heteroatoms. The van der Waals surface area contributed by atoms with Crippen LogP contribution in [0, 0.1) is 0 Å². The van der Waals surface area contributed by atoms with Crippen molar-refractivity contribution in [3.63, 3.8) is 0 Å². The first-order chi connectivity index (χ1) is 8.29. The molecule has 1 aromatic carbocycles. The molecule has 0 radical (unpaired) electrons. The van der Waals surface area contributed by atoms with Crippen molar-refractivity contribution in [2.24, 2.45) is 0 Å². The molecular formula is C15H23NO. The summed E-state index contributed by atoms with van der Waals surface area (Å²) in [4.78, 5) is 2.32. The van der Waals surface area contributed by atoms with Crippen LogP contribution in [-0.4, -0.2) is 32.1 Å². The van der Waals surface area contributed by atoms with Gasteiger partial charge in [0, 0.05) is 13.1 Å². The molecule has 0 saturated heterocycles.